The van der Waals surface area contributed by atoms with Gasteiger partial charge in [-0.1, -0.05) is 6.08 Å². The molecule has 1 saturated heterocycles. The molecule has 1 unspecified atom stereocenters. The molecule has 0 radical (unpaired) electrons. The average molecular weight is 220 g/mol. The van der Waals surface area contributed by atoms with E-state index in [0.29, 0.717) is 6.54 Å². The zero-order valence-corrected chi connectivity index (χ0v) is 9.35. The summed E-state index contributed by atoms with van der Waals surface area (Å²) in [4.78, 5) is 13.3. The summed E-state index contributed by atoms with van der Waals surface area (Å²) in [7, 11) is 1.84. The molecule has 86 valence electrons. The molecule has 2 rings (SSSR count). The van der Waals surface area contributed by atoms with E-state index in [0.717, 1.165) is 18.7 Å². The highest BCUT2D eigenvalue weighted by Gasteiger charge is 2.27. The van der Waals surface area contributed by atoms with Crippen LogP contribution in [0.3, 0.4) is 0 Å². The first-order valence-corrected chi connectivity index (χ1v) is 5.46. The highest BCUT2D eigenvalue weighted by atomic mass is 16.3. The quantitative estimate of drug-likeness (QED) is 0.826. The molecular weight excluding hydrogens is 204 g/mol. The van der Waals surface area contributed by atoms with Gasteiger partial charge in [-0.05, 0) is 24.6 Å². The minimum atomic E-state index is -0.0220. The lowest BCUT2D eigenvalue weighted by molar-refractivity contribution is -0.128. The van der Waals surface area contributed by atoms with Gasteiger partial charge in [-0.2, -0.15) is 0 Å². The number of hydrogen-bond donors (Lipinski definition) is 1. The Morgan fingerprint density at radius 2 is 2.56 bits per heavy atom. The van der Waals surface area contributed by atoms with Crippen molar-refractivity contribution in [3.05, 3.63) is 30.2 Å². The van der Waals surface area contributed by atoms with Gasteiger partial charge in [-0.15, -0.1) is 0 Å². The number of rotatable bonds is 4. The van der Waals surface area contributed by atoms with Crippen molar-refractivity contribution in [2.75, 3.05) is 20.1 Å². The Morgan fingerprint density at radius 3 is 3.19 bits per heavy atom. The lowest BCUT2D eigenvalue weighted by Crippen LogP contribution is -2.36. The number of carbonyl (C=O) groups excluding carboxylic acids is 1. The minimum Gasteiger partial charge on any atom is -0.465 e. The van der Waals surface area contributed by atoms with Crippen LogP contribution in [0.5, 0.6) is 0 Å². The molecule has 1 fully saturated rings. The lowest BCUT2D eigenvalue weighted by atomic mass is 10.2. The van der Waals surface area contributed by atoms with Gasteiger partial charge in [0.05, 0.1) is 12.3 Å². The van der Waals surface area contributed by atoms with E-state index >= 15 is 0 Å². The van der Waals surface area contributed by atoms with E-state index in [-0.39, 0.29) is 11.9 Å². The number of furan rings is 1. The predicted octanol–water partition coefficient (Wildman–Crippen LogP) is 1.11. The Labute approximate surface area is 94.9 Å². The topological polar surface area (TPSA) is 45.5 Å². The molecule has 1 aromatic rings. The number of hydrogen-bond acceptors (Lipinski definition) is 3. The second-order valence-corrected chi connectivity index (χ2v) is 3.93. The van der Waals surface area contributed by atoms with Crippen LogP contribution < -0.4 is 5.32 Å². The molecule has 2 heterocycles. The van der Waals surface area contributed by atoms with Crippen LogP contribution in [0.1, 0.15) is 12.2 Å². The van der Waals surface area contributed by atoms with Gasteiger partial charge in [0.1, 0.15) is 5.76 Å². The van der Waals surface area contributed by atoms with Crippen LogP contribution in [0.4, 0.5) is 0 Å². The van der Waals surface area contributed by atoms with Gasteiger partial charge < -0.3 is 14.6 Å². The van der Waals surface area contributed by atoms with Crippen LogP contribution in [0.25, 0.3) is 6.08 Å². The van der Waals surface area contributed by atoms with Crippen LogP contribution >= 0.6 is 0 Å². The van der Waals surface area contributed by atoms with Gasteiger partial charge in [0.25, 0.3) is 0 Å². The number of amides is 1. The minimum absolute atomic E-state index is 0.0220. The molecule has 4 nitrogen and oxygen atoms in total. The van der Waals surface area contributed by atoms with Crippen molar-refractivity contribution in [1.29, 1.82) is 0 Å². The fourth-order valence-electron chi connectivity index (χ4n) is 1.78. The van der Waals surface area contributed by atoms with E-state index < -0.39 is 0 Å². The molecule has 4 heteroatoms. The van der Waals surface area contributed by atoms with E-state index in [9.17, 15) is 4.79 Å². The van der Waals surface area contributed by atoms with E-state index in [1.807, 2.05) is 31.3 Å². The Hall–Kier alpha value is -1.55. The third-order valence-corrected chi connectivity index (χ3v) is 2.73. The lowest BCUT2D eigenvalue weighted by Gasteiger charge is -2.10. The molecule has 0 aromatic carbocycles. The van der Waals surface area contributed by atoms with Crippen LogP contribution in [0.2, 0.25) is 0 Å². The van der Waals surface area contributed by atoms with Crippen molar-refractivity contribution < 1.29 is 9.21 Å². The third kappa shape index (κ3) is 2.52. The highest BCUT2D eigenvalue weighted by molar-refractivity contribution is 5.83. The fraction of sp³-hybridized carbons (Fsp3) is 0.417. The molecule has 0 aliphatic carbocycles. The number of likely N-dealkylation sites (tertiary alicyclic amines) is 1. The molecule has 1 aromatic heterocycles. The largest absolute Gasteiger partial charge is 0.465 e. The van der Waals surface area contributed by atoms with Gasteiger partial charge in [-0.25, -0.2) is 0 Å². The summed E-state index contributed by atoms with van der Waals surface area (Å²) in [5.41, 5.74) is 0. The normalized spacial score (nSPS) is 21.2. The van der Waals surface area contributed by atoms with Crippen LogP contribution in [-0.2, 0) is 4.79 Å². The molecular formula is C12H16N2O2. The van der Waals surface area contributed by atoms with E-state index in [2.05, 4.69) is 5.32 Å². The Balaban J connectivity index is 1.74. The summed E-state index contributed by atoms with van der Waals surface area (Å²) < 4.78 is 5.15. The van der Waals surface area contributed by atoms with Crippen molar-refractivity contribution in [2.45, 2.75) is 12.5 Å². The van der Waals surface area contributed by atoms with E-state index in [4.69, 9.17) is 4.42 Å². The second kappa shape index (κ2) is 4.99. The van der Waals surface area contributed by atoms with E-state index in [1.165, 1.54) is 0 Å². The van der Waals surface area contributed by atoms with Crippen LogP contribution in [0, 0.1) is 0 Å². The van der Waals surface area contributed by atoms with Gasteiger partial charge in [0, 0.05) is 20.1 Å². The molecule has 0 spiro atoms. The summed E-state index contributed by atoms with van der Waals surface area (Å²) in [5.74, 6) is 1.02. The molecule has 1 amide bonds. The highest BCUT2D eigenvalue weighted by Crippen LogP contribution is 2.08. The maximum Gasteiger partial charge on any atom is 0.239 e. The summed E-state index contributed by atoms with van der Waals surface area (Å²) in [6.07, 6.45) is 6.40. The first-order valence-electron chi connectivity index (χ1n) is 5.46. The number of nitrogens with one attached hydrogen (secondary N) is 1. The van der Waals surface area contributed by atoms with Gasteiger partial charge in [0.2, 0.25) is 5.91 Å². The summed E-state index contributed by atoms with van der Waals surface area (Å²) >= 11 is 0. The Bertz CT molecular complexity index is 370. The van der Waals surface area contributed by atoms with Crippen molar-refractivity contribution >= 4 is 12.0 Å². The predicted molar refractivity (Wildman–Crippen MR) is 61.8 cm³/mol. The standard InChI is InChI=1S/C12H16N2O2/c1-14-8-6-11(12(14)15)13-7-2-4-10-5-3-9-16-10/h2-5,9,11,13H,6-8H2,1H3/b4-2+. The second-order valence-electron chi connectivity index (χ2n) is 3.93. The first-order chi connectivity index (χ1) is 7.77. The molecule has 1 aliphatic rings. The molecule has 1 N–H and O–H groups in total. The Kier molecular flexibility index (Phi) is 3.41. The molecule has 1 atom stereocenters. The van der Waals surface area contributed by atoms with Gasteiger partial charge in [-0.3, -0.25) is 4.79 Å². The van der Waals surface area contributed by atoms with E-state index in [1.54, 1.807) is 11.2 Å². The first kappa shape index (κ1) is 11.0. The SMILES string of the molecule is CN1CCC(NC/C=C/c2ccco2)C1=O. The number of nitrogens with zero attached hydrogens (tertiary/aromatic N) is 1. The Morgan fingerprint density at radius 1 is 1.69 bits per heavy atom. The third-order valence-electron chi connectivity index (χ3n) is 2.73. The zero-order valence-electron chi connectivity index (χ0n) is 9.35. The van der Waals surface area contributed by atoms with Gasteiger partial charge >= 0.3 is 0 Å². The van der Waals surface area contributed by atoms with Crippen molar-refractivity contribution in [1.82, 2.24) is 10.2 Å². The molecule has 0 bridgehead atoms. The smallest absolute Gasteiger partial charge is 0.239 e. The van der Waals surface area contributed by atoms with Crippen molar-refractivity contribution in [3.63, 3.8) is 0 Å². The van der Waals surface area contributed by atoms with Crippen molar-refractivity contribution in [3.8, 4) is 0 Å². The monoisotopic (exact) mass is 220 g/mol. The average Bonchev–Trinajstić information content (AvgIpc) is 2.88. The summed E-state index contributed by atoms with van der Waals surface area (Å²) in [6, 6.07) is 3.72. The fourth-order valence-corrected chi connectivity index (χ4v) is 1.78. The number of likely N-dealkylation sites (N-methyl/N-ethyl adjacent to an activating group) is 1. The summed E-state index contributed by atoms with van der Waals surface area (Å²) in [5, 5.41) is 3.20. The molecule has 0 saturated carbocycles. The summed E-state index contributed by atoms with van der Waals surface area (Å²) in [6.45, 7) is 1.53. The maximum atomic E-state index is 11.5. The van der Waals surface area contributed by atoms with Crippen molar-refractivity contribution in [2.24, 2.45) is 0 Å². The maximum absolute atomic E-state index is 11.5. The van der Waals surface area contributed by atoms with Crippen LogP contribution in [0.15, 0.2) is 28.9 Å². The van der Waals surface area contributed by atoms with Gasteiger partial charge in [0.15, 0.2) is 0 Å². The number of carbonyl (C=O) groups is 1. The molecule has 16 heavy (non-hydrogen) atoms. The van der Waals surface area contributed by atoms with Crippen LogP contribution in [-0.4, -0.2) is 37.0 Å². The zero-order chi connectivity index (χ0) is 11.4. The molecule has 1 aliphatic heterocycles.